The third-order valence-corrected chi connectivity index (χ3v) is 4.66. The minimum atomic E-state index is 0.641. The van der Waals surface area contributed by atoms with E-state index in [1.165, 1.54) is 68.9 Å². The summed E-state index contributed by atoms with van der Waals surface area (Å²) in [5.41, 5.74) is 2.97. The molecule has 0 heteroatoms. The van der Waals surface area contributed by atoms with E-state index in [0.717, 1.165) is 0 Å². The highest BCUT2D eigenvalue weighted by Gasteiger charge is 2.06. The zero-order chi connectivity index (χ0) is 15.5. The Kier molecular flexibility index (Phi) is 9.46. The largest absolute Gasteiger partial charge is 0.0654 e. The minimum Gasteiger partial charge on any atom is -0.0654 e. The van der Waals surface area contributed by atoms with E-state index in [1.54, 1.807) is 0 Å². The molecule has 0 nitrogen and oxygen atoms in total. The van der Waals surface area contributed by atoms with Gasteiger partial charge < -0.3 is 0 Å². The van der Waals surface area contributed by atoms with Gasteiger partial charge >= 0.3 is 0 Å². The molecule has 0 bridgehead atoms. The Morgan fingerprint density at radius 2 is 1.14 bits per heavy atom. The SMILES string of the molecule is CCCCCCCCCCC(C)c1ccc(C(C)C)cc1. The Bertz CT molecular complexity index is 347. The summed E-state index contributed by atoms with van der Waals surface area (Å²) in [7, 11) is 0. The Hall–Kier alpha value is -0.780. The number of rotatable bonds is 11. The maximum atomic E-state index is 2.38. The molecule has 1 unspecified atom stereocenters. The van der Waals surface area contributed by atoms with Crippen LogP contribution in [0.15, 0.2) is 24.3 Å². The van der Waals surface area contributed by atoms with Crippen LogP contribution in [0.5, 0.6) is 0 Å². The van der Waals surface area contributed by atoms with Gasteiger partial charge in [-0.1, -0.05) is 103 Å². The fourth-order valence-electron chi connectivity index (χ4n) is 2.96. The van der Waals surface area contributed by atoms with Gasteiger partial charge in [-0.25, -0.2) is 0 Å². The molecule has 1 rings (SSSR count). The Labute approximate surface area is 133 Å². The molecule has 1 atom stereocenters. The van der Waals surface area contributed by atoms with Crippen LogP contribution >= 0.6 is 0 Å². The van der Waals surface area contributed by atoms with E-state index in [2.05, 4.69) is 52.0 Å². The molecule has 21 heavy (non-hydrogen) atoms. The fourth-order valence-corrected chi connectivity index (χ4v) is 2.96. The van der Waals surface area contributed by atoms with Crippen LogP contribution in [0.2, 0.25) is 0 Å². The third-order valence-electron chi connectivity index (χ3n) is 4.66. The maximum absolute atomic E-state index is 2.38. The molecule has 0 saturated heterocycles. The van der Waals surface area contributed by atoms with Crippen molar-refractivity contribution in [3.63, 3.8) is 0 Å². The Morgan fingerprint density at radius 3 is 1.67 bits per heavy atom. The van der Waals surface area contributed by atoms with E-state index in [-0.39, 0.29) is 0 Å². The number of hydrogen-bond donors (Lipinski definition) is 0. The standard InChI is InChI=1S/C21H36/c1-5-6-7-8-9-10-11-12-13-19(4)21-16-14-20(15-17-21)18(2)3/h14-19H,5-13H2,1-4H3. The van der Waals surface area contributed by atoms with Crippen molar-refractivity contribution in [3.8, 4) is 0 Å². The molecule has 0 fully saturated rings. The predicted octanol–water partition coefficient (Wildman–Crippen LogP) is 7.44. The number of benzene rings is 1. The number of unbranched alkanes of at least 4 members (excludes halogenated alkanes) is 7. The predicted molar refractivity (Wildman–Crippen MR) is 96.2 cm³/mol. The van der Waals surface area contributed by atoms with Gasteiger partial charge in [0, 0.05) is 0 Å². The Morgan fingerprint density at radius 1 is 0.667 bits per heavy atom. The maximum Gasteiger partial charge on any atom is -0.0190 e. The molecule has 0 N–H and O–H groups in total. The summed E-state index contributed by atoms with van der Waals surface area (Å²) in [6.45, 7) is 9.19. The molecule has 0 aliphatic heterocycles. The summed E-state index contributed by atoms with van der Waals surface area (Å²) in [4.78, 5) is 0. The van der Waals surface area contributed by atoms with Crippen molar-refractivity contribution in [2.45, 2.75) is 97.3 Å². The first-order valence-electron chi connectivity index (χ1n) is 9.25. The van der Waals surface area contributed by atoms with Crippen molar-refractivity contribution in [1.82, 2.24) is 0 Å². The van der Waals surface area contributed by atoms with Crippen LogP contribution in [0.4, 0.5) is 0 Å². The van der Waals surface area contributed by atoms with Gasteiger partial charge in [0.05, 0.1) is 0 Å². The summed E-state index contributed by atoms with van der Waals surface area (Å²) in [6, 6.07) is 9.30. The van der Waals surface area contributed by atoms with E-state index in [4.69, 9.17) is 0 Å². The molecule has 0 aromatic heterocycles. The molecule has 0 heterocycles. The molecule has 0 saturated carbocycles. The zero-order valence-corrected chi connectivity index (χ0v) is 14.8. The van der Waals surface area contributed by atoms with E-state index in [0.29, 0.717) is 11.8 Å². The first-order chi connectivity index (χ1) is 10.1. The highest BCUT2D eigenvalue weighted by atomic mass is 14.1. The lowest BCUT2D eigenvalue weighted by molar-refractivity contribution is 0.543. The van der Waals surface area contributed by atoms with Crippen molar-refractivity contribution in [2.75, 3.05) is 0 Å². The zero-order valence-electron chi connectivity index (χ0n) is 14.8. The lowest BCUT2D eigenvalue weighted by Crippen LogP contribution is -1.95. The molecular weight excluding hydrogens is 252 g/mol. The molecular formula is C21H36. The average Bonchev–Trinajstić information content (AvgIpc) is 2.49. The van der Waals surface area contributed by atoms with Gasteiger partial charge in [0.25, 0.3) is 0 Å². The van der Waals surface area contributed by atoms with Crippen LogP contribution in [-0.2, 0) is 0 Å². The van der Waals surface area contributed by atoms with Crippen molar-refractivity contribution < 1.29 is 0 Å². The highest BCUT2D eigenvalue weighted by Crippen LogP contribution is 2.24. The van der Waals surface area contributed by atoms with Gasteiger partial charge in [0.15, 0.2) is 0 Å². The second-order valence-electron chi connectivity index (χ2n) is 6.99. The van der Waals surface area contributed by atoms with Gasteiger partial charge in [0.1, 0.15) is 0 Å². The van der Waals surface area contributed by atoms with Crippen molar-refractivity contribution in [3.05, 3.63) is 35.4 Å². The van der Waals surface area contributed by atoms with E-state index < -0.39 is 0 Å². The Balaban J connectivity index is 2.14. The molecule has 120 valence electrons. The smallest absolute Gasteiger partial charge is 0.0190 e. The monoisotopic (exact) mass is 288 g/mol. The highest BCUT2D eigenvalue weighted by molar-refractivity contribution is 5.26. The lowest BCUT2D eigenvalue weighted by atomic mass is 9.92. The fraction of sp³-hybridized carbons (Fsp3) is 0.714. The summed E-state index contributed by atoms with van der Waals surface area (Å²) in [6.07, 6.45) is 12.7. The van der Waals surface area contributed by atoms with Gasteiger partial charge in [-0.3, -0.25) is 0 Å². The lowest BCUT2D eigenvalue weighted by Gasteiger charge is -2.13. The summed E-state index contributed by atoms with van der Waals surface area (Å²) in [5, 5.41) is 0. The molecule has 0 amide bonds. The quantitative estimate of drug-likeness (QED) is 0.371. The van der Waals surface area contributed by atoms with Crippen LogP contribution in [0.1, 0.15) is 108 Å². The average molecular weight is 289 g/mol. The van der Waals surface area contributed by atoms with Crippen molar-refractivity contribution >= 4 is 0 Å². The van der Waals surface area contributed by atoms with Crippen molar-refractivity contribution in [1.29, 1.82) is 0 Å². The molecule has 0 aliphatic rings. The summed E-state index contributed by atoms with van der Waals surface area (Å²) >= 11 is 0. The van der Waals surface area contributed by atoms with Gasteiger partial charge in [0.2, 0.25) is 0 Å². The second kappa shape index (κ2) is 10.9. The third kappa shape index (κ3) is 7.69. The van der Waals surface area contributed by atoms with Crippen LogP contribution < -0.4 is 0 Å². The van der Waals surface area contributed by atoms with Crippen LogP contribution in [-0.4, -0.2) is 0 Å². The van der Waals surface area contributed by atoms with Crippen LogP contribution in [0, 0.1) is 0 Å². The first kappa shape index (κ1) is 18.3. The van der Waals surface area contributed by atoms with Gasteiger partial charge in [-0.05, 0) is 29.4 Å². The van der Waals surface area contributed by atoms with Gasteiger partial charge in [-0.2, -0.15) is 0 Å². The van der Waals surface area contributed by atoms with E-state index in [1.807, 2.05) is 0 Å². The molecule has 1 aromatic rings. The topological polar surface area (TPSA) is 0 Å². The summed E-state index contributed by atoms with van der Waals surface area (Å²) < 4.78 is 0. The van der Waals surface area contributed by atoms with E-state index >= 15 is 0 Å². The minimum absolute atomic E-state index is 0.641. The second-order valence-corrected chi connectivity index (χ2v) is 6.99. The normalized spacial score (nSPS) is 12.8. The molecule has 0 spiro atoms. The van der Waals surface area contributed by atoms with Crippen molar-refractivity contribution in [2.24, 2.45) is 0 Å². The molecule has 0 aliphatic carbocycles. The van der Waals surface area contributed by atoms with Crippen LogP contribution in [0.3, 0.4) is 0 Å². The van der Waals surface area contributed by atoms with E-state index in [9.17, 15) is 0 Å². The molecule has 0 radical (unpaired) electrons. The first-order valence-corrected chi connectivity index (χ1v) is 9.25. The number of hydrogen-bond acceptors (Lipinski definition) is 0. The molecule has 1 aromatic carbocycles. The summed E-state index contributed by atoms with van der Waals surface area (Å²) in [5.74, 6) is 1.35. The van der Waals surface area contributed by atoms with Crippen LogP contribution in [0.25, 0.3) is 0 Å². The van der Waals surface area contributed by atoms with Gasteiger partial charge in [-0.15, -0.1) is 0 Å².